The maximum absolute atomic E-state index is 10.9. The minimum atomic E-state index is -0.951. The maximum Gasteiger partial charge on any atom is 0.333 e. The van der Waals surface area contributed by atoms with Gasteiger partial charge in [0.05, 0.1) is 7.11 Å². The Hall–Kier alpha value is -1.55. The summed E-state index contributed by atoms with van der Waals surface area (Å²) < 4.78 is 10.3. The summed E-state index contributed by atoms with van der Waals surface area (Å²) in [4.78, 5) is 10.9. The second-order valence-corrected chi connectivity index (χ2v) is 3.30. The number of hydrogen-bond acceptors (Lipinski definition) is 3. The average molecular weight is 224 g/mol. The summed E-state index contributed by atoms with van der Waals surface area (Å²) >= 11 is 0. The van der Waals surface area contributed by atoms with Crippen LogP contribution in [0, 0.1) is 0 Å². The second-order valence-electron chi connectivity index (χ2n) is 3.30. The zero-order valence-electron chi connectivity index (χ0n) is 9.47. The van der Waals surface area contributed by atoms with Gasteiger partial charge in [0.1, 0.15) is 5.75 Å². The Balaban J connectivity index is 2.80. The van der Waals surface area contributed by atoms with Gasteiger partial charge in [-0.3, -0.25) is 0 Å². The third kappa shape index (κ3) is 3.24. The third-order valence-electron chi connectivity index (χ3n) is 2.24. The first-order valence-corrected chi connectivity index (χ1v) is 5.15. The summed E-state index contributed by atoms with van der Waals surface area (Å²) in [6.07, 6.45) is -0.506. The van der Waals surface area contributed by atoms with Crippen molar-refractivity contribution in [2.45, 2.75) is 19.4 Å². The number of hydrogen-bond donors (Lipinski definition) is 1. The molecule has 0 aromatic heterocycles. The molecule has 1 rings (SSSR count). The topological polar surface area (TPSA) is 55.8 Å². The van der Waals surface area contributed by atoms with Gasteiger partial charge >= 0.3 is 5.97 Å². The lowest BCUT2D eigenvalue weighted by molar-refractivity contribution is -0.149. The number of carboxylic acid groups (broad SMARTS) is 1. The summed E-state index contributed by atoms with van der Waals surface area (Å²) in [5.74, 6) is -0.263. The molecule has 16 heavy (non-hydrogen) atoms. The molecule has 0 saturated carbocycles. The van der Waals surface area contributed by atoms with Crippen LogP contribution in [0.2, 0.25) is 0 Å². The highest BCUT2D eigenvalue weighted by atomic mass is 16.5. The molecule has 0 aliphatic carbocycles. The lowest BCUT2D eigenvalue weighted by Crippen LogP contribution is -2.26. The van der Waals surface area contributed by atoms with Crippen LogP contribution in [0.5, 0.6) is 5.75 Å². The Labute approximate surface area is 94.8 Å². The summed E-state index contributed by atoms with van der Waals surface area (Å²) in [5.41, 5.74) is 0.839. The molecule has 0 aliphatic rings. The van der Waals surface area contributed by atoms with E-state index in [0.717, 1.165) is 5.56 Å². The fraction of sp³-hybridized carbons (Fsp3) is 0.417. The molecule has 0 bridgehead atoms. The van der Waals surface area contributed by atoms with E-state index < -0.39 is 12.1 Å². The summed E-state index contributed by atoms with van der Waals surface area (Å²) in [7, 11) is 1.56. The van der Waals surface area contributed by atoms with Gasteiger partial charge < -0.3 is 14.6 Å². The number of carboxylic acids is 1. The Morgan fingerprint density at radius 2 is 2.12 bits per heavy atom. The monoisotopic (exact) mass is 224 g/mol. The van der Waals surface area contributed by atoms with E-state index in [4.69, 9.17) is 14.6 Å². The van der Waals surface area contributed by atoms with Crippen LogP contribution in [0.25, 0.3) is 0 Å². The van der Waals surface area contributed by atoms with Crippen LogP contribution < -0.4 is 4.74 Å². The van der Waals surface area contributed by atoms with Crippen LogP contribution >= 0.6 is 0 Å². The van der Waals surface area contributed by atoms with Crippen molar-refractivity contribution in [3.63, 3.8) is 0 Å². The van der Waals surface area contributed by atoms with E-state index in [1.54, 1.807) is 20.1 Å². The number of ether oxygens (including phenoxy) is 2. The maximum atomic E-state index is 10.9. The molecule has 0 unspecified atom stereocenters. The van der Waals surface area contributed by atoms with Crippen molar-refractivity contribution < 1.29 is 19.4 Å². The van der Waals surface area contributed by atoms with Crippen molar-refractivity contribution in [1.82, 2.24) is 0 Å². The van der Waals surface area contributed by atoms with E-state index in [9.17, 15) is 4.79 Å². The van der Waals surface area contributed by atoms with Crippen LogP contribution in [0.3, 0.4) is 0 Å². The number of benzene rings is 1. The molecule has 1 atom stereocenters. The van der Waals surface area contributed by atoms with E-state index in [-0.39, 0.29) is 0 Å². The van der Waals surface area contributed by atoms with Crippen molar-refractivity contribution in [1.29, 1.82) is 0 Å². The molecule has 88 valence electrons. The molecule has 4 nitrogen and oxygen atoms in total. The number of para-hydroxylation sites is 1. The molecule has 0 heterocycles. The third-order valence-corrected chi connectivity index (χ3v) is 2.24. The normalized spacial score (nSPS) is 12.1. The van der Waals surface area contributed by atoms with Crippen LogP contribution in [0.4, 0.5) is 0 Å². The number of carbonyl (C=O) groups is 1. The molecule has 0 amide bonds. The number of aliphatic carboxylic acids is 1. The van der Waals surface area contributed by atoms with Gasteiger partial charge in [0, 0.05) is 13.0 Å². The van der Waals surface area contributed by atoms with Gasteiger partial charge in [0.15, 0.2) is 6.10 Å². The number of rotatable bonds is 6. The highest BCUT2D eigenvalue weighted by molar-refractivity contribution is 5.73. The lowest BCUT2D eigenvalue weighted by Gasteiger charge is -2.14. The van der Waals surface area contributed by atoms with E-state index >= 15 is 0 Å². The molecular weight excluding hydrogens is 208 g/mol. The highest BCUT2D eigenvalue weighted by Crippen LogP contribution is 2.19. The van der Waals surface area contributed by atoms with Crippen molar-refractivity contribution in [3.8, 4) is 5.75 Å². The Bertz CT molecular complexity index is 349. The zero-order valence-corrected chi connectivity index (χ0v) is 9.47. The number of methoxy groups -OCH3 is 1. The standard InChI is InChI=1S/C12H16O4/c1-3-16-11(12(13)14)8-9-6-4-5-7-10(9)15-2/h4-7,11H,3,8H2,1-2H3,(H,13,14)/t11-/m0/s1. The fourth-order valence-corrected chi connectivity index (χ4v) is 1.49. The Kier molecular flexibility index (Phi) is 4.79. The van der Waals surface area contributed by atoms with Crippen molar-refractivity contribution in [3.05, 3.63) is 29.8 Å². The SMILES string of the molecule is CCO[C@@H](Cc1ccccc1OC)C(=O)O. The van der Waals surface area contributed by atoms with E-state index in [1.807, 2.05) is 18.2 Å². The average Bonchev–Trinajstić information content (AvgIpc) is 2.29. The van der Waals surface area contributed by atoms with Gasteiger partial charge in [-0.25, -0.2) is 4.79 Å². The molecule has 4 heteroatoms. The largest absolute Gasteiger partial charge is 0.496 e. The minimum Gasteiger partial charge on any atom is -0.496 e. The molecule has 1 aromatic rings. The van der Waals surface area contributed by atoms with Crippen LogP contribution in [0.1, 0.15) is 12.5 Å². The summed E-state index contributed by atoms with van der Waals surface area (Å²) in [6, 6.07) is 7.34. The molecular formula is C12H16O4. The predicted octanol–water partition coefficient (Wildman–Crippen LogP) is 1.73. The van der Waals surface area contributed by atoms with E-state index in [0.29, 0.717) is 18.8 Å². The molecule has 0 radical (unpaired) electrons. The summed E-state index contributed by atoms with van der Waals surface area (Å²) in [6.45, 7) is 2.16. The van der Waals surface area contributed by atoms with Gasteiger partial charge in [-0.1, -0.05) is 18.2 Å². The molecule has 1 aromatic carbocycles. The van der Waals surface area contributed by atoms with Crippen LogP contribution in [-0.4, -0.2) is 30.9 Å². The van der Waals surface area contributed by atoms with Crippen LogP contribution in [-0.2, 0) is 16.0 Å². The molecule has 0 spiro atoms. The van der Waals surface area contributed by atoms with Gasteiger partial charge in [0.2, 0.25) is 0 Å². The Morgan fingerprint density at radius 1 is 1.44 bits per heavy atom. The molecule has 0 aliphatic heterocycles. The first kappa shape index (κ1) is 12.5. The molecule has 0 saturated heterocycles. The first-order chi connectivity index (χ1) is 7.69. The Morgan fingerprint density at radius 3 is 2.69 bits per heavy atom. The molecule has 0 fully saturated rings. The summed E-state index contributed by atoms with van der Waals surface area (Å²) in [5, 5.41) is 8.96. The smallest absolute Gasteiger partial charge is 0.333 e. The minimum absolute atomic E-state index is 0.313. The zero-order chi connectivity index (χ0) is 12.0. The van der Waals surface area contributed by atoms with E-state index in [2.05, 4.69) is 0 Å². The molecule has 1 N–H and O–H groups in total. The van der Waals surface area contributed by atoms with Crippen LogP contribution in [0.15, 0.2) is 24.3 Å². The quantitative estimate of drug-likeness (QED) is 0.799. The van der Waals surface area contributed by atoms with Gasteiger partial charge in [-0.05, 0) is 18.6 Å². The first-order valence-electron chi connectivity index (χ1n) is 5.15. The van der Waals surface area contributed by atoms with Gasteiger partial charge in [0.25, 0.3) is 0 Å². The predicted molar refractivity (Wildman–Crippen MR) is 59.7 cm³/mol. The second kappa shape index (κ2) is 6.12. The van der Waals surface area contributed by atoms with Crippen molar-refractivity contribution >= 4 is 5.97 Å². The van der Waals surface area contributed by atoms with Crippen molar-refractivity contribution in [2.75, 3.05) is 13.7 Å². The van der Waals surface area contributed by atoms with Gasteiger partial charge in [-0.15, -0.1) is 0 Å². The van der Waals surface area contributed by atoms with Crippen molar-refractivity contribution in [2.24, 2.45) is 0 Å². The fourth-order valence-electron chi connectivity index (χ4n) is 1.49. The van der Waals surface area contributed by atoms with Gasteiger partial charge in [-0.2, -0.15) is 0 Å². The lowest BCUT2D eigenvalue weighted by atomic mass is 10.1. The van der Waals surface area contributed by atoms with E-state index in [1.165, 1.54) is 0 Å². The highest BCUT2D eigenvalue weighted by Gasteiger charge is 2.19.